The number of nitriles is 1. The third-order valence-corrected chi connectivity index (χ3v) is 3.93. The van der Waals surface area contributed by atoms with E-state index in [-0.39, 0.29) is 10.8 Å². The van der Waals surface area contributed by atoms with Crippen LogP contribution in [0.5, 0.6) is 0 Å². The molecular formula is C14H24N2O2. The summed E-state index contributed by atoms with van der Waals surface area (Å²) >= 11 is 0. The van der Waals surface area contributed by atoms with Crippen molar-refractivity contribution in [1.29, 1.82) is 5.26 Å². The zero-order valence-corrected chi connectivity index (χ0v) is 11.9. The first-order chi connectivity index (χ1) is 8.19. The van der Waals surface area contributed by atoms with Crippen LogP contribution >= 0.6 is 0 Å². The molecule has 0 aromatic heterocycles. The van der Waals surface area contributed by atoms with Crippen molar-refractivity contribution in [2.24, 2.45) is 10.8 Å². The SMILES string of the molecule is CC(C)(C#N)CCN1CCCC(C)(C)C1C(=O)O. The molecule has 1 heterocycles. The van der Waals surface area contributed by atoms with Crippen molar-refractivity contribution in [2.45, 2.75) is 53.0 Å². The van der Waals surface area contributed by atoms with Gasteiger partial charge in [0, 0.05) is 6.54 Å². The van der Waals surface area contributed by atoms with Gasteiger partial charge in [-0.05, 0) is 45.1 Å². The first-order valence-electron chi connectivity index (χ1n) is 6.58. The quantitative estimate of drug-likeness (QED) is 0.835. The molecule has 18 heavy (non-hydrogen) atoms. The number of carbonyl (C=O) groups is 1. The highest BCUT2D eigenvalue weighted by molar-refractivity contribution is 5.74. The summed E-state index contributed by atoms with van der Waals surface area (Å²) in [4.78, 5) is 13.5. The fraction of sp³-hybridized carbons (Fsp3) is 0.857. The number of rotatable bonds is 4. The summed E-state index contributed by atoms with van der Waals surface area (Å²) in [6.07, 6.45) is 2.69. The lowest BCUT2D eigenvalue weighted by Crippen LogP contribution is -2.54. The van der Waals surface area contributed by atoms with Crippen LogP contribution in [0.25, 0.3) is 0 Å². The molecule has 4 nitrogen and oxygen atoms in total. The van der Waals surface area contributed by atoms with Gasteiger partial charge in [0.25, 0.3) is 0 Å². The van der Waals surface area contributed by atoms with Gasteiger partial charge in [0.2, 0.25) is 0 Å². The molecule has 0 aliphatic carbocycles. The van der Waals surface area contributed by atoms with E-state index in [1.165, 1.54) is 0 Å². The standard InChI is InChI=1S/C14H24N2O2/c1-13(2,10-15)7-9-16-8-5-6-14(3,4)11(16)12(17)18/h11H,5-9H2,1-4H3,(H,17,18). The number of nitrogens with zero attached hydrogens (tertiary/aromatic N) is 2. The largest absolute Gasteiger partial charge is 0.480 e. The Morgan fingerprint density at radius 1 is 1.56 bits per heavy atom. The Bertz CT molecular complexity index is 355. The lowest BCUT2D eigenvalue weighted by Gasteiger charge is -2.44. The highest BCUT2D eigenvalue weighted by Gasteiger charge is 2.42. The molecule has 1 fully saturated rings. The van der Waals surface area contributed by atoms with E-state index in [9.17, 15) is 9.90 Å². The Morgan fingerprint density at radius 3 is 2.67 bits per heavy atom. The lowest BCUT2D eigenvalue weighted by atomic mass is 9.76. The van der Waals surface area contributed by atoms with E-state index in [0.29, 0.717) is 13.0 Å². The zero-order valence-electron chi connectivity index (χ0n) is 11.9. The van der Waals surface area contributed by atoms with Gasteiger partial charge < -0.3 is 5.11 Å². The highest BCUT2D eigenvalue weighted by Crippen LogP contribution is 2.36. The van der Waals surface area contributed by atoms with Crippen molar-refractivity contribution >= 4 is 5.97 Å². The van der Waals surface area contributed by atoms with E-state index >= 15 is 0 Å². The number of piperidine rings is 1. The molecule has 1 rings (SSSR count). The Labute approximate surface area is 110 Å². The van der Waals surface area contributed by atoms with Crippen LogP contribution in [0.4, 0.5) is 0 Å². The summed E-state index contributed by atoms with van der Waals surface area (Å²) < 4.78 is 0. The van der Waals surface area contributed by atoms with E-state index in [2.05, 4.69) is 6.07 Å². The predicted octanol–water partition coefficient (Wildman–Crippen LogP) is 2.50. The van der Waals surface area contributed by atoms with Gasteiger partial charge in [0.05, 0.1) is 11.5 Å². The number of hydrogen-bond acceptors (Lipinski definition) is 3. The predicted molar refractivity (Wildman–Crippen MR) is 70.0 cm³/mol. The van der Waals surface area contributed by atoms with Gasteiger partial charge in [-0.15, -0.1) is 0 Å². The maximum Gasteiger partial charge on any atom is 0.321 e. The van der Waals surface area contributed by atoms with Crippen molar-refractivity contribution in [3.05, 3.63) is 0 Å². The van der Waals surface area contributed by atoms with Gasteiger partial charge >= 0.3 is 5.97 Å². The molecule has 1 unspecified atom stereocenters. The fourth-order valence-electron chi connectivity index (χ4n) is 2.71. The topological polar surface area (TPSA) is 64.3 Å². The van der Waals surface area contributed by atoms with Crippen molar-refractivity contribution in [3.63, 3.8) is 0 Å². The summed E-state index contributed by atoms with van der Waals surface area (Å²) in [6, 6.07) is 1.84. The molecule has 0 aromatic carbocycles. The Hall–Kier alpha value is -1.08. The maximum atomic E-state index is 11.5. The summed E-state index contributed by atoms with van der Waals surface area (Å²) in [5.74, 6) is -0.741. The summed E-state index contributed by atoms with van der Waals surface area (Å²) in [5, 5.41) is 18.4. The van der Waals surface area contributed by atoms with E-state index in [0.717, 1.165) is 19.4 Å². The molecule has 4 heteroatoms. The number of likely N-dealkylation sites (tertiary alicyclic amines) is 1. The zero-order chi connectivity index (χ0) is 14.0. The summed E-state index contributed by atoms with van der Waals surface area (Å²) in [5.41, 5.74) is -0.578. The van der Waals surface area contributed by atoms with Crippen molar-refractivity contribution < 1.29 is 9.90 Å². The number of aliphatic carboxylic acids is 1. The second-order valence-electron chi connectivity index (χ2n) is 6.61. The van der Waals surface area contributed by atoms with Crippen LogP contribution in [-0.4, -0.2) is 35.1 Å². The molecule has 0 radical (unpaired) electrons. The molecule has 102 valence electrons. The summed E-state index contributed by atoms with van der Waals surface area (Å²) in [6.45, 7) is 9.35. The van der Waals surface area contributed by atoms with Crippen LogP contribution in [0.2, 0.25) is 0 Å². The van der Waals surface area contributed by atoms with Gasteiger partial charge in [-0.1, -0.05) is 13.8 Å². The number of hydrogen-bond donors (Lipinski definition) is 1. The van der Waals surface area contributed by atoms with Crippen LogP contribution in [0, 0.1) is 22.2 Å². The maximum absolute atomic E-state index is 11.5. The molecule has 0 spiro atoms. The van der Waals surface area contributed by atoms with Crippen LogP contribution in [0.1, 0.15) is 47.0 Å². The minimum atomic E-state index is -0.741. The third kappa shape index (κ3) is 3.46. The Morgan fingerprint density at radius 2 is 2.17 bits per heavy atom. The van der Waals surface area contributed by atoms with Crippen LogP contribution in [0.3, 0.4) is 0 Å². The van der Waals surface area contributed by atoms with Crippen molar-refractivity contribution in [2.75, 3.05) is 13.1 Å². The van der Waals surface area contributed by atoms with Gasteiger partial charge in [0.15, 0.2) is 0 Å². The van der Waals surface area contributed by atoms with Crippen LogP contribution < -0.4 is 0 Å². The van der Waals surface area contributed by atoms with E-state index in [1.54, 1.807) is 0 Å². The van der Waals surface area contributed by atoms with Gasteiger partial charge in [-0.3, -0.25) is 9.69 Å². The molecule has 0 aromatic rings. The average molecular weight is 252 g/mol. The van der Waals surface area contributed by atoms with Crippen molar-refractivity contribution in [3.8, 4) is 6.07 Å². The van der Waals surface area contributed by atoms with Gasteiger partial charge in [-0.2, -0.15) is 5.26 Å². The van der Waals surface area contributed by atoms with Gasteiger partial charge in [0.1, 0.15) is 6.04 Å². The molecule has 1 saturated heterocycles. The normalized spacial score (nSPS) is 24.5. The molecule has 1 atom stereocenters. The van der Waals surface area contributed by atoms with Crippen molar-refractivity contribution in [1.82, 2.24) is 4.90 Å². The Kier molecular flexibility index (Phi) is 4.39. The molecule has 1 aliphatic rings. The average Bonchev–Trinajstić information content (AvgIpc) is 2.24. The smallest absolute Gasteiger partial charge is 0.321 e. The second-order valence-corrected chi connectivity index (χ2v) is 6.61. The second kappa shape index (κ2) is 5.27. The molecular weight excluding hydrogens is 228 g/mol. The van der Waals surface area contributed by atoms with Gasteiger partial charge in [-0.25, -0.2) is 0 Å². The molecule has 0 bridgehead atoms. The van der Waals surface area contributed by atoms with Crippen LogP contribution in [-0.2, 0) is 4.79 Å². The third-order valence-electron chi connectivity index (χ3n) is 3.93. The minimum Gasteiger partial charge on any atom is -0.480 e. The molecule has 1 N–H and O–H groups in total. The lowest BCUT2D eigenvalue weighted by molar-refractivity contribution is -0.150. The minimum absolute atomic E-state index is 0.194. The Balaban J connectivity index is 2.74. The fourth-order valence-corrected chi connectivity index (χ4v) is 2.71. The molecule has 0 saturated carbocycles. The first-order valence-corrected chi connectivity index (χ1v) is 6.58. The highest BCUT2D eigenvalue weighted by atomic mass is 16.4. The first kappa shape index (κ1) is 15.0. The summed E-state index contributed by atoms with van der Waals surface area (Å²) in [7, 11) is 0. The van der Waals surface area contributed by atoms with E-state index in [1.807, 2.05) is 32.6 Å². The number of carboxylic acid groups (broad SMARTS) is 1. The van der Waals surface area contributed by atoms with Crippen LogP contribution in [0.15, 0.2) is 0 Å². The molecule has 1 aliphatic heterocycles. The van der Waals surface area contributed by atoms with E-state index in [4.69, 9.17) is 5.26 Å². The van der Waals surface area contributed by atoms with E-state index < -0.39 is 12.0 Å². The molecule has 0 amide bonds. The monoisotopic (exact) mass is 252 g/mol. The number of carboxylic acids is 1.